The van der Waals surface area contributed by atoms with Gasteiger partial charge in [-0.05, 0) is 12.5 Å². The van der Waals surface area contributed by atoms with E-state index < -0.39 is 11.0 Å². The summed E-state index contributed by atoms with van der Waals surface area (Å²) in [5, 5.41) is 13.5. The van der Waals surface area contributed by atoms with Gasteiger partial charge in [-0.2, -0.15) is 0 Å². The molecule has 0 aliphatic carbocycles. The number of nitrogens with one attached hydrogen (secondary N) is 1. The SMILES string of the molecule is CCCCN(C)C(=O)C(CSc1cccc([N+](=O)[O-])c1)NC(C)=O. The van der Waals surface area contributed by atoms with Gasteiger partial charge in [0.15, 0.2) is 0 Å². The summed E-state index contributed by atoms with van der Waals surface area (Å²) < 4.78 is 0. The number of benzene rings is 1. The second kappa shape index (κ2) is 9.92. The van der Waals surface area contributed by atoms with Crippen molar-refractivity contribution in [2.75, 3.05) is 19.3 Å². The fraction of sp³-hybridized carbons (Fsp3) is 0.500. The normalized spacial score (nSPS) is 11.6. The van der Waals surface area contributed by atoms with Gasteiger partial charge in [-0.15, -0.1) is 11.8 Å². The molecule has 0 bridgehead atoms. The summed E-state index contributed by atoms with van der Waals surface area (Å²) in [7, 11) is 1.71. The summed E-state index contributed by atoms with van der Waals surface area (Å²) in [6.45, 7) is 4.04. The van der Waals surface area contributed by atoms with Crippen molar-refractivity contribution >= 4 is 29.3 Å². The second-order valence-corrected chi connectivity index (χ2v) is 6.53. The minimum Gasteiger partial charge on any atom is -0.344 e. The number of rotatable bonds is 9. The molecule has 1 unspecified atom stereocenters. The van der Waals surface area contributed by atoms with Gasteiger partial charge in [0.2, 0.25) is 11.8 Å². The first-order chi connectivity index (χ1) is 11.3. The van der Waals surface area contributed by atoms with Gasteiger partial charge >= 0.3 is 0 Å². The average molecular weight is 353 g/mol. The van der Waals surface area contributed by atoms with Crippen molar-refractivity contribution in [3.8, 4) is 0 Å². The highest BCUT2D eigenvalue weighted by molar-refractivity contribution is 7.99. The molecule has 24 heavy (non-hydrogen) atoms. The Kier molecular flexibility index (Phi) is 8.25. The van der Waals surface area contributed by atoms with Gasteiger partial charge < -0.3 is 10.2 Å². The van der Waals surface area contributed by atoms with E-state index in [1.54, 1.807) is 24.1 Å². The van der Waals surface area contributed by atoms with Crippen LogP contribution < -0.4 is 5.32 Å². The van der Waals surface area contributed by atoms with E-state index in [1.807, 2.05) is 6.92 Å². The molecule has 1 N–H and O–H groups in total. The maximum absolute atomic E-state index is 12.5. The monoisotopic (exact) mass is 353 g/mol. The van der Waals surface area contributed by atoms with Gasteiger partial charge in [0.1, 0.15) is 6.04 Å². The number of hydrogen-bond acceptors (Lipinski definition) is 5. The van der Waals surface area contributed by atoms with E-state index in [-0.39, 0.29) is 17.5 Å². The lowest BCUT2D eigenvalue weighted by atomic mass is 10.2. The Bertz CT molecular complexity index is 594. The lowest BCUT2D eigenvalue weighted by Crippen LogP contribution is -2.48. The van der Waals surface area contributed by atoms with Crippen LogP contribution in [0.3, 0.4) is 0 Å². The third-order valence-electron chi connectivity index (χ3n) is 3.34. The molecule has 0 saturated heterocycles. The molecule has 0 fully saturated rings. The molecule has 0 radical (unpaired) electrons. The van der Waals surface area contributed by atoms with Crippen LogP contribution in [0.2, 0.25) is 0 Å². The van der Waals surface area contributed by atoms with Crippen LogP contribution in [0, 0.1) is 10.1 Å². The Hall–Kier alpha value is -2.09. The molecule has 1 atom stereocenters. The third-order valence-corrected chi connectivity index (χ3v) is 4.43. The molecule has 7 nitrogen and oxygen atoms in total. The van der Waals surface area contributed by atoms with E-state index >= 15 is 0 Å². The van der Waals surface area contributed by atoms with Gasteiger partial charge in [0, 0.05) is 43.3 Å². The fourth-order valence-electron chi connectivity index (χ4n) is 2.06. The van der Waals surface area contributed by atoms with E-state index in [1.165, 1.54) is 30.8 Å². The van der Waals surface area contributed by atoms with Crippen LogP contribution in [-0.4, -0.2) is 47.0 Å². The number of hydrogen-bond donors (Lipinski definition) is 1. The van der Waals surface area contributed by atoms with Crippen LogP contribution in [0.4, 0.5) is 5.69 Å². The zero-order valence-corrected chi connectivity index (χ0v) is 15.0. The predicted octanol–water partition coefficient (Wildman–Crippen LogP) is 2.45. The van der Waals surface area contributed by atoms with Crippen molar-refractivity contribution in [3.63, 3.8) is 0 Å². The largest absolute Gasteiger partial charge is 0.344 e. The predicted molar refractivity (Wildman–Crippen MR) is 94.0 cm³/mol. The zero-order valence-electron chi connectivity index (χ0n) is 14.2. The number of carbonyl (C=O) groups is 2. The maximum atomic E-state index is 12.5. The summed E-state index contributed by atoms with van der Waals surface area (Å²) in [5.41, 5.74) is 0.00228. The highest BCUT2D eigenvalue weighted by Gasteiger charge is 2.23. The first-order valence-electron chi connectivity index (χ1n) is 7.74. The Morgan fingerprint density at radius 3 is 2.71 bits per heavy atom. The molecule has 0 spiro atoms. The molecule has 8 heteroatoms. The van der Waals surface area contributed by atoms with E-state index in [9.17, 15) is 19.7 Å². The zero-order chi connectivity index (χ0) is 18.1. The average Bonchev–Trinajstić information content (AvgIpc) is 2.55. The number of nitrogens with zero attached hydrogens (tertiary/aromatic N) is 2. The quantitative estimate of drug-likeness (QED) is 0.418. The summed E-state index contributed by atoms with van der Waals surface area (Å²) in [6.07, 6.45) is 1.87. The molecule has 2 amide bonds. The van der Waals surface area contributed by atoms with E-state index in [4.69, 9.17) is 0 Å². The maximum Gasteiger partial charge on any atom is 0.270 e. The number of thioether (sulfide) groups is 1. The Morgan fingerprint density at radius 1 is 1.42 bits per heavy atom. The van der Waals surface area contributed by atoms with Crippen LogP contribution >= 0.6 is 11.8 Å². The number of nitro benzene ring substituents is 1. The van der Waals surface area contributed by atoms with Gasteiger partial charge in [-0.25, -0.2) is 0 Å². The number of non-ortho nitro benzene ring substituents is 1. The molecule has 0 aliphatic rings. The number of amides is 2. The summed E-state index contributed by atoms with van der Waals surface area (Å²) in [5.74, 6) is -0.121. The molecule has 0 saturated carbocycles. The van der Waals surface area contributed by atoms with Crippen molar-refractivity contribution in [1.82, 2.24) is 10.2 Å². The van der Waals surface area contributed by atoms with E-state index in [0.29, 0.717) is 17.2 Å². The number of carbonyl (C=O) groups excluding carboxylic acids is 2. The Morgan fingerprint density at radius 2 is 2.12 bits per heavy atom. The number of nitro groups is 1. The van der Waals surface area contributed by atoms with Crippen LogP contribution in [0.1, 0.15) is 26.7 Å². The molecule has 1 rings (SSSR count). The van der Waals surface area contributed by atoms with Crippen molar-refractivity contribution in [1.29, 1.82) is 0 Å². The Balaban J connectivity index is 2.75. The fourth-order valence-corrected chi connectivity index (χ4v) is 3.02. The smallest absolute Gasteiger partial charge is 0.270 e. The lowest BCUT2D eigenvalue weighted by molar-refractivity contribution is -0.385. The number of unbranched alkanes of at least 4 members (excludes halogenated alkanes) is 1. The standard InChI is InChI=1S/C16H23N3O4S/c1-4-5-9-18(3)16(21)15(17-12(2)20)11-24-14-8-6-7-13(10-14)19(22)23/h6-8,10,15H,4-5,9,11H2,1-3H3,(H,17,20). The van der Waals surface area contributed by atoms with Crippen molar-refractivity contribution in [2.24, 2.45) is 0 Å². The molecule has 0 aromatic heterocycles. The van der Waals surface area contributed by atoms with Gasteiger partial charge in [0.05, 0.1) is 4.92 Å². The van der Waals surface area contributed by atoms with E-state index in [0.717, 1.165) is 12.8 Å². The topological polar surface area (TPSA) is 92.6 Å². The minimum atomic E-state index is -0.659. The van der Waals surface area contributed by atoms with Crippen LogP contribution in [0.5, 0.6) is 0 Å². The molecule has 1 aromatic rings. The van der Waals surface area contributed by atoms with Crippen LogP contribution in [-0.2, 0) is 9.59 Å². The van der Waals surface area contributed by atoms with Gasteiger partial charge in [0.25, 0.3) is 5.69 Å². The van der Waals surface area contributed by atoms with E-state index in [2.05, 4.69) is 5.32 Å². The molecule has 0 heterocycles. The Labute approximate surface area is 145 Å². The molecule has 1 aromatic carbocycles. The van der Waals surface area contributed by atoms with Gasteiger partial charge in [-0.1, -0.05) is 19.4 Å². The highest BCUT2D eigenvalue weighted by atomic mass is 32.2. The van der Waals surface area contributed by atoms with Crippen molar-refractivity contribution < 1.29 is 14.5 Å². The molecule has 0 aliphatic heterocycles. The minimum absolute atomic E-state index is 0.00228. The first-order valence-corrected chi connectivity index (χ1v) is 8.73. The summed E-state index contributed by atoms with van der Waals surface area (Å²) >= 11 is 1.30. The van der Waals surface area contributed by atoms with Crippen LogP contribution in [0.25, 0.3) is 0 Å². The summed E-state index contributed by atoms with van der Waals surface area (Å²) in [6, 6.07) is 5.56. The highest BCUT2D eigenvalue weighted by Crippen LogP contribution is 2.23. The number of likely N-dealkylation sites (N-methyl/N-ethyl adjacent to an activating group) is 1. The van der Waals surface area contributed by atoms with Crippen LogP contribution in [0.15, 0.2) is 29.2 Å². The first kappa shape index (κ1) is 20.0. The van der Waals surface area contributed by atoms with Crippen molar-refractivity contribution in [3.05, 3.63) is 34.4 Å². The summed E-state index contributed by atoms with van der Waals surface area (Å²) in [4.78, 5) is 36.5. The molecule has 132 valence electrons. The van der Waals surface area contributed by atoms with Gasteiger partial charge in [-0.3, -0.25) is 19.7 Å². The molecular weight excluding hydrogens is 330 g/mol. The third kappa shape index (κ3) is 6.57. The van der Waals surface area contributed by atoms with Crippen molar-refractivity contribution in [2.45, 2.75) is 37.6 Å². The second-order valence-electron chi connectivity index (χ2n) is 5.43. The lowest BCUT2D eigenvalue weighted by Gasteiger charge is -2.24. The molecular formula is C16H23N3O4S.